The second-order valence-electron chi connectivity index (χ2n) is 18.3. The fourth-order valence-electron chi connectivity index (χ4n) is 12.0. The number of nitrogens with zero attached hydrogens (tertiary/aromatic N) is 2. The van der Waals surface area contributed by atoms with E-state index >= 15 is 0 Å². The molecule has 0 unspecified atom stereocenters. The summed E-state index contributed by atoms with van der Waals surface area (Å²) in [4.78, 5) is 4.93. The summed E-state index contributed by atoms with van der Waals surface area (Å²) in [7, 11) is 0. The first-order valence-corrected chi connectivity index (χ1v) is 23.4. The first-order valence-electron chi connectivity index (χ1n) is 23.4. The first-order chi connectivity index (χ1) is 33.1. The number of hydrogen-bond acceptors (Lipinski definition) is 4. The molecule has 0 amide bonds. The monoisotopic (exact) mass is 860 g/mol. The number of rotatable bonds is 6. The quantitative estimate of drug-likeness (QED) is 0.167. The van der Waals surface area contributed by atoms with Gasteiger partial charge in [-0.2, -0.15) is 0 Å². The number of aryl methyl sites for hydroxylation is 3. The Bertz CT molecular complexity index is 3810. The molecule has 0 fully saturated rings. The van der Waals surface area contributed by atoms with E-state index in [1.807, 2.05) is 0 Å². The maximum Gasteiger partial charge on any atom is 0.145 e. The van der Waals surface area contributed by atoms with Crippen LogP contribution in [-0.4, -0.2) is 0 Å². The van der Waals surface area contributed by atoms with Crippen molar-refractivity contribution in [2.24, 2.45) is 0 Å². The Morgan fingerprint density at radius 2 is 0.940 bits per heavy atom. The van der Waals surface area contributed by atoms with Gasteiger partial charge in [-0.1, -0.05) is 146 Å². The number of para-hydroxylation sites is 5. The number of fused-ring (bicyclic) bond motifs is 18. The van der Waals surface area contributed by atoms with Gasteiger partial charge < -0.3 is 18.6 Å². The van der Waals surface area contributed by atoms with Gasteiger partial charge in [0.2, 0.25) is 0 Å². The summed E-state index contributed by atoms with van der Waals surface area (Å²) < 4.78 is 14.9. The summed E-state index contributed by atoms with van der Waals surface area (Å²) in [5, 5.41) is 3.29. The van der Waals surface area contributed by atoms with Crippen LogP contribution in [0.2, 0.25) is 0 Å². The third-order valence-corrected chi connectivity index (χ3v) is 14.8. The van der Waals surface area contributed by atoms with Crippen LogP contribution in [0.5, 0.6) is 0 Å². The highest BCUT2D eigenvalue weighted by Gasteiger charge is 2.55. The second kappa shape index (κ2) is 14.3. The van der Waals surface area contributed by atoms with Crippen molar-refractivity contribution in [2.75, 3.05) is 9.80 Å². The van der Waals surface area contributed by atoms with E-state index in [1.165, 1.54) is 50.1 Å². The van der Waals surface area contributed by atoms with E-state index in [1.54, 1.807) is 0 Å². The highest BCUT2D eigenvalue weighted by atomic mass is 16.3. The van der Waals surface area contributed by atoms with Crippen LogP contribution in [0.3, 0.4) is 0 Å². The van der Waals surface area contributed by atoms with E-state index in [9.17, 15) is 0 Å². The summed E-state index contributed by atoms with van der Waals surface area (Å²) >= 11 is 0. The SMILES string of the molecule is Cc1ccccc1N(c1ccccc1)c1cc2c(c3oc4c(c13)CCC=C4)-c1c(cc(N(c3ccccc3)c3ccccc3C)c3c1oc1ccccc13)C21c2ccccc2-c2ccccc21. The average Bonchev–Trinajstić information content (AvgIpc) is 4.12. The lowest BCUT2D eigenvalue weighted by molar-refractivity contribution is 0.596. The molecule has 14 rings (SSSR count). The average molecular weight is 861 g/mol. The summed E-state index contributed by atoms with van der Waals surface area (Å²) in [6.45, 7) is 4.43. The molecule has 4 heteroatoms. The van der Waals surface area contributed by atoms with Crippen molar-refractivity contribution in [1.82, 2.24) is 0 Å². The molecule has 2 aromatic heterocycles. The third kappa shape index (κ3) is 5.18. The molecule has 11 aromatic rings. The molecule has 0 saturated carbocycles. The van der Waals surface area contributed by atoms with E-state index < -0.39 is 5.41 Å². The van der Waals surface area contributed by atoms with Gasteiger partial charge in [-0.25, -0.2) is 0 Å². The maximum atomic E-state index is 7.45. The molecule has 0 bridgehead atoms. The summed E-state index contributed by atoms with van der Waals surface area (Å²) in [6, 6.07) is 70.9. The highest BCUT2D eigenvalue weighted by Crippen LogP contribution is 2.68. The fourth-order valence-corrected chi connectivity index (χ4v) is 12.0. The molecule has 0 N–H and O–H groups in total. The lowest BCUT2D eigenvalue weighted by Crippen LogP contribution is -2.27. The van der Waals surface area contributed by atoms with Crippen LogP contribution in [0.15, 0.2) is 209 Å². The predicted octanol–water partition coefficient (Wildman–Crippen LogP) is 17.2. The van der Waals surface area contributed by atoms with Gasteiger partial charge in [0.15, 0.2) is 0 Å². The van der Waals surface area contributed by atoms with E-state index in [0.29, 0.717) is 0 Å². The zero-order valence-electron chi connectivity index (χ0n) is 37.3. The molecule has 0 radical (unpaired) electrons. The number of hydrogen-bond donors (Lipinski definition) is 0. The molecule has 3 aliphatic carbocycles. The molecule has 9 aromatic carbocycles. The smallest absolute Gasteiger partial charge is 0.145 e. The molecule has 318 valence electrons. The summed E-state index contributed by atoms with van der Waals surface area (Å²) in [5.74, 6) is 0.927. The van der Waals surface area contributed by atoms with Crippen LogP contribution < -0.4 is 9.80 Å². The second-order valence-corrected chi connectivity index (χ2v) is 18.3. The Morgan fingerprint density at radius 3 is 1.54 bits per heavy atom. The summed E-state index contributed by atoms with van der Waals surface area (Å²) in [5.41, 5.74) is 21.6. The number of anilines is 6. The van der Waals surface area contributed by atoms with Gasteiger partial charge in [-0.15, -0.1) is 0 Å². The molecular formula is C63H44N2O2. The fraction of sp³-hybridized carbons (Fsp3) is 0.0794. The molecule has 0 aliphatic heterocycles. The van der Waals surface area contributed by atoms with Crippen LogP contribution in [0.4, 0.5) is 34.1 Å². The van der Waals surface area contributed by atoms with E-state index in [-0.39, 0.29) is 0 Å². The van der Waals surface area contributed by atoms with Crippen molar-refractivity contribution < 1.29 is 8.83 Å². The molecular weight excluding hydrogens is 817 g/mol. The lowest BCUT2D eigenvalue weighted by atomic mass is 9.70. The largest absolute Gasteiger partial charge is 0.456 e. The molecule has 67 heavy (non-hydrogen) atoms. The van der Waals surface area contributed by atoms with Gasteiger partial charge in [0.25, 0.3) is 0 Å². The zero-order valence-corrected chi connectivity index (χ0v) is 37.3. The van der Waals surface area contributed by atoms with Gasteiger partial charge in [0.05, 0.1) is 22.2 Å². The first kappa shape index (κ1) is 38.0. The molecule has 0 atom stereocenters. The van der Waals surface area contributed by atoms with Gasteiger partial charge in [0, 0.05) is 50.2 Å². The van der Waals surface area contributed by atoms with E-state index in [2.05, 4.69) is 230 Å². The van der Waals surface area contributed by atoms with E-state index in [0.717, 1.165) is 96.8 Å². The van der Waals surface area contributed by atoms with Crippen LogP contribution in [0.25, 0.3) is 61.2 Å². The number of allylic oxidation sites excluding steroid dienone is 1. The Balaban J connectivity index is 1.22. The minimum absolute atomic E-state index is 0.756. The Morgan fingerprint density at radius 1 is 0.448 bits per heavy atom. The highest BCUT2D eigenvalue weighted by molar-refractivity contribution is 6.23. The Kier molecular flexibility index (Phi) is 8.12. The van der Waals surface area contributed by atoms with Crippen LogP contribution in [0.1, 0.15) is 51.1 Å². The predicted molar refractivity (Wildman–Crippen MR) is 276 cm³/mol. The van der Waals surface area contributed by atoms with Gasteiger partial charge in [0.1, 0.15) is 22.5 Å². The van der Waals surface area contributed by atoms with Crippen LogP contribution >= 0.6 is 0 Å². The molecule has 0 saturated heterocycles. The van der Waals surface area contributed by atoms with Crippen LogP contribution in [0, 0.1) is 13.8 Å². The van der Waals surface area contributed by atoms with Crippen LogP contribution in [-0.2, 0) is 11.8 Å². The zero-order chi connectivity index (χ0) is 44.4. The van der Waals surface area contributed by atoms with Crippen molar-refractivity contribution in [3.8, 4) is 22.3 Å². The topological polar surface area (TPSA) is 32.8 Å². The normalized spacial score (nSPS) is 13.8. The molecule has 2 heterocycles. The minimum Gasteiger partial charge on any atom is -0.456 e. The molecule has 3 aliphatic rings. The lowest BCUT2D eigenvalue weighted by Gasteiger charge is -2.34. The number of benzene rings is 9. The van der Waals surface area contributed by atoms with Crippen molar-refractivity contribution >= 4 is 73.1 Å². The van der Waals surface area contributed by atoms with Gasteiger partial charge in [-0.05, 0) is 132 Å². The Hall–Kier alpha value is -8.34. The van der Waals surface area contributed by atoms with Gasteiger partial charge in [-0.3, -0.25) is 0 Å². The minimum atomic E-state index is -0.756. The Labute approximate surface area is 389 Å². The number of furan rings is 2. The van der Waals surface area contributed by atoms with Gasteiger partial charge >= 0.3 is 0 Å². The van der Waals surface area contributed by atoms with Crippen molar-refractivity contribution in [3.63, 3.8) is 0 Å². The molecule has 4 nitrogen and oxygen atoms in total. The van der Waals surface area contributed by atoms with Crippen molar-refractivity contribution in [1.29, 1.82) is 0 Å². The van der Waals surface area contributed by atoms with Crippen molar-refractivity contribution in [2.45, 2.75) is 32.1 Å². The standard InChI is InChI=1S/C63H44N2O2/c1-39-21-9-17-33-51(39)64(41-23-5-3-6-24-41)53-37-49-59(61-57(53)45-29-13-19-35-55(45)66-61)60-50(63(49)47-31-15-11-27-43(47)44-28-12-16-32-48(44)63)38-54(58-46-30-14-20-36-56(46)67-62(58)60)65(42-25-7-4-8-26-42)52-34-18-10-22-40(52)2/h3-13,15-29,31-38H,14,30H2,1-2H3. The van der Waals surface area contributed by atoms with Crippen molar-refractivity contribution in [3.05, 3.63) is 245 Å². The summed E-state index contributed by atoms with van der Waals surface area (Å²) in [6.07, 6.45) is 6.28. The van der Waals surface area contributed by atoms with E-state index in [4.69, 9.17) is 8.83 Å². The maximum absolute atomic E-state index is 7.45. The molecule has 1 spiro atoms. The third-order valence-electron chi connectivity index (χ3n) is 14.8.